The molecular formula is C15H19N3O2. The fourth-order valence-electron chi connectivity index (χ4n) is 1.87. The molecule has 1 heterocycles. The summed E-state index contributed by atoms with van der Waals surface area (Å²) in [6.07, 6.45) is 1.81. The number of nitrogens with zero attached hydrogens (tertiary/aromatic N) is 2. The van der Waals surface area contributed by atoms with Gasteiger partial charge in [-0.15, -0.1) is 5.10 Å². The molecule has 2 rings (SSSR count). The van der Waals surface area contributed by atoms with E-state index >= 15 is 0 Å². The Labute approximate surface area is 118 Å². The summed E-state index contributed by atoms with van der Waals surface area (Å²) in [5, 5.41) is 10.4. The van der Waals surface area contributed by atoms with Crippen molar-refractivity contribution in [2.24, 2.45) is 0 Å². The third-order valence-electron chi connectivity index (χ3n) is 3.12. The number of hydrogen-bond donors (Lipinski definition) is 1. The van der Waals surface area contributed by atoms with Crippen molar-refractivity contribution < 1.29 is 9.21 Å². The molecule has 1 N–H and O–H groups in total. The van der Waals surface area contributed by atoms with E-state index in [-0.39, 0.29) is 11.9 Å². The van der Waals surface area contributed by atoms with Crippen molar-refractivity contribution in [1.82, 2.24) is 10.2 Å². The largest absolute Gasteiger partial charge is 0.407 e. The van der Waals surface area contributed by atoms with Gasteiger partial charge in [-0.05, 0) is 37.0 Å². The number of aromatic nitrogens is 2. The zero-order valence-electron chi connectivity index (χ0n) is 12.1. The van der Waals surface area contributed by atoms with Gasteiger partial charge in [0.25, 0.3) is 0 Å². The van der Waals surface area contributed by atoms with Crippen molar-refractivity contribution in [2.75, 3.05) is 5.32 Å². The molecule has 0 radical (unpaired) electrons. The number of amides is 1. The minimum absolute atomic E-state index is 0.103. The van der Waals surface area contributed by atoms with E-state index in [1.807, 2.05) is 13.0 Å². The molecule has 0 aliphatic carbocycles. The van der Waals surface area contributed by atoms with Crippen LogP contribution < -0.4 is 5.32 Å². The maximum atomic E-state index is 11.4. The molecule has 0 spiro atoms. The van der Waals surface area contributed by atoms with Crippen LogP contribution in [0.3, 0.4) is 0 Å². The molecule has 20 heavy (non-hydrogen) atoms. The number of nitrogens with one attached hydrogen (secondary N) is 1. The maximum absolute atomic E-state index is 11.4. The summed E-state index contributed by atoms with van der Waals surface area (Å²) in [5.41, 5.74) is 3.61. The highest BCUT2D eigenvalue weighted by molar-refractivity contribution is 5.88. The van der Waals surface area contributed by atoms with Crippen LogP contribution >= 0.6 is 0 Å². The SMILES string of the molecule is CCCC(=O)Nc1nnc(Cc2ccc(C)c(C)c2)o1. The Morgan fingerprint density at radius 3 is 2.75 bits per heavy atom. The summed E-state index contributed by atoms with van der Waals surface area (Å²) >= 11 is 0. The van der Waals surface area contributed by atoms with Crippen LogP contribution in [0.25, 0.3) is 0 Å². The van der Waals surface area contributed by atoms with E-state index in [1.165, 1.54) is 11.1 Å². The normalized spacial score (nSPS) is 10.6. The molecule has 0 saturated heterocycles. The van der Waals surface area contributed by atoms with Crippen LogP contribution in [0.15, 0.2) is 22.6 Å². The second-order valence-electron chi connectivity index (χ2n) is 4.89. The molecule has 0 unspecified atom stereocenters. The first kappa shape index (κ1) is 14.2. The van der Waals surface area contributed by atoms with Gasteiger partial charge >= 0.3 is 6.01 Å². The molecule has 5 heteroatoms. The average molecular weight is 273 g/mol. The molecule has 5 nitrogen and oxygen atoms in total. The van der Waals surface area contributed by atoms with Crippen LogP contribution in [0.4, 0.5) is 6.01 Å². The molecule has 1 amide bonds. The minimum Gasteiger partial charge on any atom is -0.407 e. The summed E-state index contributed by atoms with van der Waals surface area (Å²) in [6, 6.07) is 6.39. The van der Waals surface area contributed by atoms with Crippen molar-refractivity contribution in [3.63, 3.8) is 0 Å². The number of rotatable bonds is 5. The van der Waals surface area contributed by atoms with Gasteiger partial charge in [0.15, 0.2) is 0 Å². The van der Waals surface area contributed by atoms with Gasteiger partial charge in [0.1, 0.15) is 0 Å². The highest BCUT2D eigenvalue weighted by Crippen LogP contribution is 2.15. The average Bonchev–Trinajstić information content (AvgIpc) is 2.81. The van der Waals surface area contributed by atoms with Crippen molar-refractivity contribution in [1.29, 1.82) is 0 Å². The Balaban J connectivity index is 2.02. The van der Waals surface area contributed by atoms with Crippen molar-refractivity contribution >= 4 is 11.9 Å². The first-order valence-corrected chi connectivity index (χ1v) is 6.77. The van der Waals surface area contributed by atoms with Gasteiger partial charge in [-0.2, -0.15) is 0 Å². The lowest BCUT2D eigenvalue weighted by Gasteiger charge is -2.02. The summed E-state index contributed by atoms with van der Waals surface area (Å²) in [5.74, 6) is 0.397. The predicted octanol–water partition coefficient (Wildman–Crippen LogP) is 3.02. The first-order valence-electron chi connectivity index (χ1n) is 6.77. The summed E-state index contributed by atoms with van der Waals surface area (Å²) in [4.78, 5) is 11.4. The Morgan fingerprint density at radius 2 is 2.05 bits per heavy atom. The van der Waals surface area contributed by atoms with Gasteiger partial charge in [0.2, 0.25) is 11.8 Å². The second-order valence-corrected chi connectivity index (χ2v) is 4.89. The second kappa shape index (κ2) is 6.32. The number of aryl methyl sites for hydroxylation is 2. The number of carbonyl (C=O) groups excluding carboxylic acids is 1. The number of anilines is 1. The molecule has 0 bridgehead atoms. The van der Waals surface area contributed by atoms with Gasteiger partial charge in [0, 0.05) is 6.42 Å². The first-order chi connectivity index (χ1) is 9.58. The van der Waals surface area contributed by atoms with Crippen LogP contribution in [-0.4, -0.2) is 16.1 Å². The Morgan fingerprint density at radius 1 is 1.25 bits per heavy atom. The molecular weight excluding hydrogens is 254 g/mol. The number of hydrogen-bond acceptors (Lipinski definition) is 4. The van der Waals surface area contributed by atoms with Gasteiger partial charge in [-0.25, -0.2) is 0 Å². The molecule has 0 atom stereocenters. The third-order valence-corrected chi connectivity index (χ3v) is 3.12. The van der Waals surface area contributed by atoms with Crippen molar-refractivity contribution in [2.45, 2.75) is 40.0 Å². The van der Waals surface area contributed by atoms with E-state index < -0.39 is 0 Å². The fraction of sp³-hybridized carbons (Fsp3) is 0.400. The van der Waals surface area contributed by atoms with Gasteiger partial charge in [-0.3, -0.25) is 10.1 Å². The standard InChI is InChI=1S/C15H19N3O2/c1-4-5-13(19)16-15-18-17-14(20-15)9-12-7-6-10(2)11(3)8-12/h6-8H,4-5,9H2,1-3H3,(H,16,18,19). The van der Waals surface area contributed by atoms with E-state index in [0.29, 0.717) is 18.7 Å². The Hall–Kier alpha value is -2.17. The molecule has 0 aliphatic heterocycles. The zero-order valence-corrected chi connectivity index (χ0v) is 12.1. The summed E-state index contributed by atoms with van der Waals surface area (Å²) in [7, 11) is 0. The Bertz CT molecular complexity index is 605. The highest BCUT2D eigenvalue weighted by Gasteiger charge is 2.10. The van der Waals surface area contributed by atoms with E-state index in [0.717, 1.165) is 12.0 Å². The zero-order chi connectivity index (χ0) is 14.5. The summed E-state index contributed by atoms with van der Waals surface area (Å²) < 4.78 is 5.42. The minimum atomic E-state index is -0.103. The molecule has 1 aromatic heterocycles. The fourth-order valence-corrected chi connectivity index (χ4v) is 1.87. The predicted molar refractivity (Wildman–Crippen MR) is 76.6 cm³/mol. The quantitative estimate of drug-likeness (QED) is 0.909. The lowest BCUT2D eigenvalue weighted by Crippen LogP contribution is -2.10. The van der Waals surface area contributed by atoms with E-state index in [4.69, 9.17) is 4.42 Å². The topological polar surface area (TPSA) is 68.0 Å². The lowest BCUT2D eigenvalue weighted by molar-refractivity contribution is -0.116. The van der Waals surface area contributed by atoms with E-state index in [2.05, 4.69) is 41.5 Å². The smallest absolute Gasteiger partial charge is 0.322 e. The number of benzene rings is 1. The van der Waals surface area contributed by atoms with Gasteiger partial charge < -0.3 is 4.42 Å². The van der Waals surface area contributed by atoms with E-state index in [1.54, 1.807) is 0 Å². The Kier molecular flexibility index (Phi) is 4.50. The maximum Gasteiger partial charge on any atom is 0.322 e. The molecule has 2 aromatic rings. The number of carbonyl (C=O) groups is 1. The lowest BCUT2D eigenvalue weighted by atomic mass is 10.0. The third kappa shape index (κ3) is 3.66. The van der Waals surface area contributed by atoms with Crippen LogP contribution in [0, 0.1) is 13.8 Å². The molecule has 1 aromatic carbocycles. The summed E-state index contributed by atoms with van der Waals surface area (Å²) in [6.45, 7) is 6.09. The monoisotopic (exact) mass is 273 g/mol. The van der Waals surface area contributed by atoms with Crippen LogP contribution in [-0.2, 0) is 11.2 Å². The highest BCUT2D eigenvalue weighted by atomic mass is 16.4. The molecule has 106 valence electrons. The van der Waals surface area contributed by atoms with Gasteiger partial charge in [-0.1, -0.05) is 30.2 Å². The molecule has 0 fully saturated rings. The van der Waals surface area contributed by atoms with Crippen LogP contribution in [0.1, 0.15) is 42.3 Å². The van der Waals surface area contributed by atoms with Crippen molar-refractivity contribution in [3.05, 3.63) is 40.8 Å². The van der Waals surface area contributed by atoms with Crippen molar-refractivity contribution in [3.8, 4) is 0 Å². The van der Waals surface area contributed by atoms with Crippen LogP contribution in [0.2, 0.25) is 0 Å². The van der Waals surface area contributed by atoms with E-state index in [9.17, 15) is 4.79 Å². The molecule has 0 saturated carbocycles. The van der Waals surface area contributed by atoms with Gasteiger partial charge in [0.05, 0.1) is 6.42 Å². The molecule has 0 aliphatic rings. The van der Waals surface area contributed by atoms with Crippen LogP contribution in [0.5, 0.6) is 0 Å².